The van der Waals surface area contributed by atoms with Crippen LogP contribution in [0, 0.1) is 6.92 Å². The molecule has 1 aliphatic carbocycles. The monoisotopic (exact) mass is 258 g/mol. The van der Waals surface area contributed by atoms with Crippen LogP contribution in [0.2, 0.25) is 0 Å². The van der Waals surface area contributed by atoms with Crippen molar-refractivity contribution < 1.29 is 4.79 Å². The Morgan fingerprint density at radius 3 is 2.53 bits per heavy atom. The van der Waals surface area contributed by atoms with Crippen LogP contribution in [0.25, 0.3) is 0 Å². The Kier molecular flexibility index (Phi) is 2.90. The first kappa shape index (κ1) is 12.7. The number of hydrogen-bond acceptors (Lipinski definition) is 2. The van der Waals surface area contributed by atoms with E-state index in [2.05, 4.69) is 55.3 Å². The zero-order valence-electron chi connectivity index (χ0n) is 11.9. The first-order valence-electron chi connectivity index (χ1n) is 7.24. The average molecular weight is 258 g/mol. The van der Waals surface area contributed by atoms with E-state index in [0.717, 1.165) is 19.3 Å². The maximum absolute atomic E-state index is 12.6. The van der Waals surface area contributed by atoms with Gasteiger partial charge in [0, 0.05) is 6.04 Å². The fraction of sp³-hybridized carbons (Fsp3) is 0.562. The summed E-state index contributed by atoms with van der Waals surface area (Å²) in [6.45, 7) is 6.37. The number of carbonyl (C=O) groups excluding carboxylic acids is 1. The van der Waals surface area contributed by atoms with Crippen molar-refractivity contribution in [3.8, 4) is 0 Å². The molecule has 19 heavy (non-hydrogen) atoms. The molecule has 2 aliphatic rings. The average Bonchev–Trinajstić information content (AvgIpc) is 3.13. The predicted molar refractivity (Wildman–Crippen MR) is 75.6 cm³/mol. The van der Waals surface area contributed by atoms with Crippen LogP contribution in [-0.2, 0) is 4.79 Å². The lowest BCUT2D eigenvalue weighted by Crippen LogP contribution is -2.38. The lowest BCUT2D eigenvalue weighted by atomic mass is 10.1. The van der Waals surface area contributed by atoms with Crippen LogP contribution < -0.4 is 5.32 Å². The molecule has 3 nitrogen and oxygen atoms in total. The fourth-order valence-corrected chi connectivity index (χ4v) is 2.88. The van der Waals surface area contributed by atoms with Gasteiger partial charge in [0.15, 0.2) is 0 Å². The highest BCUT2D eigenvalue weighted by Crippen LogP contribution is 2.46. The van der Waals surface area contributed by atoms with E-state index in [1.807, 2.05) is 0 Å². The molecular formula is C16H22N2O. The Morgan fingerprint density at radius 1 is 1.37 bits per heavy atom. The molecule has 0 aromatic heterocycles. The first-order chi connectivity index (χ1) is 9.07. The van der Waals surface area contributed by atoms with Gasteiger partial charge in [-0.3, -0.25) is 10.1 Å². The number of rotatable bonds is 3. The van der Waals surface area contributed by atoms with Gasteiger partial charge >= 0.3 is 0 Å². The number of carbonyl (C=O) groups is 1. The third-order valence-corrected chi connectivity index (χ3v) is 4.54. The van der Waals surface area contributed by atoms with Gasteiger partial charge in [-0.2, -0.15) is 0 Å². The standard InChI is InChI=1S/C16H22N2O/c1-4-12(3)18-14(13-7-5-11(2)6-8-13)17-16(9-10-16)15(18)19/h5-8,12,14,17H,4,9-10H2,1-3H3. The molecule has 1 saturated carbocycles. The molecule has 0 radical (unpaired) electrons. The van der Waals surface area contributed by atoms with Crippen molar-refractivity contribution in [1.82, 2.24) is 10.2 Å². The summed E-state index contributed by atoms with van der Waals surface area (Å²) < 4.78 is 0. The van der Waals surface area contributed by atoms with Gasteiger partial charge in [-0.15, -0.1) is 0 Å². The number of nitrogens with zero attached hydrogens (tertiary/aromatic N) is 1. The molecule has 1 aromatic carbocycles. The molecule has 1 aliphatic heterocycles. The molecule has 1 spiro atoms. The second-order valence-electron chi connectivity index (χ2n) is 6.01. The first-order valence-corrected chi connectivity index (χ1v) is 7.24. The number of aryl methyl sites for hydroxylation is 1. The van der Waals surface area contributed by atoms with Crippen molar-refractivity contribution >= 4 is 5.91 Å². The van der Waals surface area contributed by atoms with E-state index in [0.29, 0.717) is 5.91 Å². The van der Waals surface area contributed by atoms with Gasteiger partial charge in [0.1, 0.15) is 11.7 Å². The van der Waals surface area contributed by atoms with Crippen LogP contribution in [0.15, 0.2) is 24.3 Å². The quantitative estimate of drug-likeness (QED) is 0.904. The van der Waals surface area contributed by atoms with E-state index in [9.17, 15) is 4.79 Å². The summed E-state index contributed by atoms with van der Waals surface area (Å²) in [7, 11) is 0. The molecule has 2 unspecified atom stereocenters. The molecule has 1 saturated heterocycles. The largest absolute Gasteiger partial charge is 0.319 e. The zero-order valence-corrected chi connectivity index (χ0v) is 11.9. The van der Waals surface area contributed by atoms with E-state index < -0.39 is 0 Å². The highest BCUT2D eigenvalue weighted by Gasteiger charge is 2.59. The third-order valence-electron chi connectivity index (χ3n) is 4.54. The Labute approximate surface area is 115 Å². The summed E-state index contributed by atoms with van der Waals surface area (Å²) in [6, 6.07) is 8.79. The number of hydrogen-bond donors (Lipinski definition) is 1. The lowest BCUT2D eigenvalue weighted by molar-refractivity contribution is -0.132. The maximum atomic E-state index is 12.6. The van der Waals surface area contributed by atoms with Gasteiger partial charge in [0.2, 0.25) is 5.91 Å². The normalized spacial score (nSPS) is 25.9. The Balaban J connectivity index is 1.94. The number of amides is 1. The van der Waals surface area contributed by atoms with Gasteiger partial charge in [-0.05, 0) is 38.7 Å². The smallest absolute Gasteiger partial charge is 0.244 e. The summed E-state index contributed by atoms with van der Waals surface area (Å²) >= 11 is 0. The molecular weight excluding hydrogens is 236 g/mol. The van der Waals surface area contributed by atoms with Crippen LogP contribution in [-0.4, -0.2) is 22.4 Å². The highest BCUT2D eigenvalue weighted by molar-refractivity contribution is 5.92. The van der Waals surface area contributed by atoms with Crippen molar-refractivity contribution in [3.63, 3.8) is 0 Å². The molecule has 1 N–H and O–H groups in total. The molecule has 2 fully saturated rings. The van der Waals surface area contributed by atoms with E-state index in [1.54, 1.807) is 0 Å². The fourth-order valence-electron chi connectivity index (χ4n) is 2.88. The Bertz CT molecular complexity index is 490. The number of nitrogens with one attached hydrogen (secondary N) is 1. The maximum Gasteiger partial charge on any atom is 0.244 e. The SMILES string of the molecule is CCC(C)N1C(=O)C2(CC2)NC1c1ccc(C)cc1. The van der Waals surface area contributed by atoms with Gasteiger partial charge in [0.05, 0.1) is 0 Å². The predicted octanol–water partition coefficient (Wildman–Crippen LogP) is 2.76. The second-order valence-corrected chi connectivity index (χ2v) is 6.01. The molecule has 3 heteroatoms. The van der Waals surface area contributed by atoms with Gasteiger partial charge in [0.25, 0.3) is 0 Å². The second kappa shape index (κ2) is 4.34. The van der Waals surface area contributed by atoms with Crippen LogP contribution in [0.4, 0.5) is 0 Å². The molecule has 2 atom stereocenters. The molecule has 102 valence electrons. The minimum absolute atomic E-state index is 0.0468. The van der Waals surface area contributed by atoms with Crippen LogP contribution in [0.3, 0.4) is 0 Å². The van der Waals surface area contributed by atoms with Gasteiger partial charge in [-0.1, -0.05) is 36.8 Å². The molecule has 1 amide bonds. The van der Waals surface area contributed by atoms with Crippen LogP contribution in [0.1, 0.15) is 50.4 Å². The Morgan fingerprint density at radius 2 is 2.00 bits per heavy atom. The third kappa shape index (κ3) is 1.96. The van der Waals surface area contributed by atoms with E-state index in [4.69, 9.17) is 0 Å². The Hall–Kier alpha value is -1.35. The summed E-state index contributed by atoms with van der Waals surface area (Å²) in [4.78, 5) is 14.7. The molecule has 1 heterocycles. The van der Waals surface area contributed by atoms with E-state index in [1.165, 1.54) is 11.1 Å². The number of benzene rings is 1. The summed E-state index contributed by atoms with van der Waals surface area (Å²) in [5.41, 5.74) is 2.21. The van der Waals surface area contributed by atoms with Crippen molar-refractivity contribution in [2.45, 2.75) is 57.8 Å². The van der Waals surface area contributed by atoms with E-state index in [-0.39, 0.29) is 17.7 Å². The topological polar surface area (TPSA) is 32.3 Å². The molecule has 0 bridgehead atoms. The summed E-state index contributed by atoms with van der Waals surface area (Å²) in [6.07, 6.45) is 3.01. The minimum atomic E-state index is -0.237. The van der Waals surface area contributed by atoms with Gasteiger partial charge in [-0.25, -0.2) is 0 Å². The van der Waals surface area contributed by atoms with Crippen LogP contribution in [0.5, 0.6) is 0 Å². The van der Waals surface area contributed by atoms with Crippen molar-refractivity contribution in [2.24, 2.45) is 0 Å². The zero-order chi connectivity index (χ0) is 13.6. The summed E-state index contributed by atoms with van der Waals surface area (Å²) in [5, 5.41) is 3.57. The van der Waals surface area contributed by atoms with Gasteiger partial charge < -0.3 is 4.90 Å². The lowest BCUT2D eigenvalue weighted by Gasteiger charge is -2.30. The van der Waals surface area contributed by atoms with Crippen molar-refractivity contribution in [1.29, 1.82) is 0 Å². The molecule has 1 aromatic rings. The highest BCUT2D eigenvalue weighted by atomic mass is 16.2. The van der Waals surface area contributed by atoms with Crippen molar-refractivity contribution in [2.75, 3.05) is 0 Å². The minimum Gasteiger partial charge on any atom is -0.319 e. The molecule has 3 rings (SSSR count). The van der Waals surface area contributed by atoms with E-state index >= 15 is 0 Å². The van der Waals surface area contributed by atoms with Crippen LogP contribution >= 0.6 is 0 Å². The summed E-state index contributed by atoms with van der Waals surface area (Å²) in [5.74, 6) is 0.299. The van der Waals surface area contributed by atoms with Crippen molar-refractivity contribution in [3.05, 3.63) is 35.4 Å².